The molecule has 0 radical (unpaired) electrons. The Morgan fingerprint density at radius 1 is 1.31 bits per heavy atom. The lowest BCUT2D eigenvalue weighted by Crippen LogP contribution is -2.27. The van der Waals surface area contributed by atoms with Crippen LogP contribution in [-0.4, -0.2) is 16.3 Å². The molecule has 1 aromatic carbocycles. The first-order valence-electron chi connectivity index (χ1n) is 5.65. The number of hydrogen-bond acceptors (Lipinski definition) is 3. The van der Waals surface area contributed by atoms with Gasteiger partial charge in [0.15, 0.2) is 0 Å². The lowest BCUT2D eigenvalue weighted by molar-refractivity contribution is 0.120. The van der Waals surface area contributed by atoms with Gasteiger partial charge in [0.1, 0.15) is 5.75 Å². The number of phenols is 1. The van der Waals surface area contributed by atoms with Crippen LogP contribution in [-0.2, 0) is 0 Å². The molecule has 0 unspecified atom stereocenters. The minimum Gasteiger partial charge on any atom is -0.508 e. The van der Waals surface area contributed by atoms with Gasteiger partial charge in [0.05, 0.1) is 12.1 Å². The van der Waals surface area contributed by atoms with Crippen LogP contribution in [0, 0.1) is 12.8 Å². The van der Waals surface area contributed by atoms with Crippen molar-refractivity contribution in [3.63, 3.8) is 0 Å². The number of phenolic OH excluding ortho intramolecular Hbond substituents is 1. The molecule has 0 amide bonds. The molecule has 16 heavy (non-hydrogen) atoms. The quantitative estimate of drug-likeness (QED) is 0.732. The van der Waals surface area contributed by atoms with Crippen LogP contribution in [0.2, 0.25) is 0 Å². The van der Waals surface area contributed by atoms with Gasteiger partial charge in [-0.1, -0.05) is 31.5 Å². The zero-order valence-corrected chi connectivity index (χ0v) is 10.1. The summed E-state index contributed by atoms with van der Waals surface area (Å²) in [6.45, 7) is 6.00. The maximum atomic E-state index is 9.92. The second kappa shape index (κ2) is 5.32. The van der Waals surface area contributed by atoms with Gasteiger partial charge in [0.2, 0.25) is 0 Å². The first kappa shape index (κ1) is 13.0. The molecule has 2 atom stereocenters. The predicted molar refractivity (Wildman–Crippen MR) is 65.2 cm³/mol. The fourth-order valence-electron chi connectivity index (χ4n) is 1.78. The van der Waals surface area contributed by atoms with Crippen molar-refractivity contribution >= 4 is 0 Å². The third-order valence-electron chi connectivity index (χ3n) is 2.67. The highest BCUT2D eigenvalue weighted by Gasteiger charge is 2.20. The van der Waals surface area contributed by atoms with Crippen LogP contribution in [0.25, 0.3) is 0 Å². The molecule has 3 nitrogen and oxygen atoms in total. The number of aliphatic hydroxyl groups is 1. The van der Waals surface area contributed by atoms with Crippen molar-refractivity contribution in [1.82, 2.24) is 0 Å². The van der Waals surface area contributed by atoms with E-state index < -0.39 is 12.1 Å². The van der Waals surface area contributed by atoms with E-state index in [4.69, 9.17) is 5.73 Å². The Balaban J connectivity index is 2.86. The number of rotatable bonds is 4. The Hall–Kier alpha value is -1.06. The molecule has 0 saturated carbocycles. The SMILES string of the molecule is Cc1ccc(O)c([C@@H](N)[C@@H](O)CC(C)C)c1. The average molecular weight is 223 g/mol. The van der Waals surface area contributed by atoms with Crippen LogP contribution in [0.3, 0.4) is 0 Å². The van der Waals surface area contributed by atoms with Gasteiger partial charge in [-0.3, -0.25) is 0 Å². The Kier molecular flexibility index (Phi) is 4.33. The Morgan fingerprint density at radius 2 is 1.94 bits per heavy atom. The minimum atomic E-state index is -0.618. The lowest BCUT2D eigenvalue weighted by Gasteiger charge is -2.21. The summed E-state index contributed by atoms with van der Waals surface area (Å²) in [6.07, 6.45) is 0.0156. The minimum absolute atomic E-state index is 0.154. The molecule has 3 heteroatoms. The Morgan fingerprint density at radius 3 is 2.50 bits per heavy atom. The van der Waals surface area contributed by atoms with Gasteiger partial charge in [-0.15, -0.1) is 0 Å². The van der Waals surface area contributed by atoms with E-state index in [-0.39, 0.29) is 5.75 Å². The van der Waals surface area contributed by atoms with E-state index in [0.29, 0.717) is 17.9 Å². The monoisotopic (exact) mass is 223 g/mol. The van der Waals surface area contributed by atoms with E-state index >= 15 is 0 Å². The third-order valence-corrected chi connectivity index (χ3v) is 2.67. The van der Waals surface area contributed by atoms with Crippen molar-refractivity contribution in [2.45, 2.75) is 39.3 Å². The second-order valence-electron chi connectivity index (χ2n) is 4.78. The van der Waals surface area contributed by atoms with Gasteiger partial charge in [-0.2, -0.15) is 0 Å². The van der Waals surface area contributed by atoms with Crippen LogP contribution >= 0.6 is 0 Å². The van der Waals surface area contributed by atoms with Crippen molar-refractivity contribution in [2.75, 3.05) is 0 Å². The van der Waals surface area contributed by atoms with Crippen LogP contribution in [0.4, 0.5) is 0 Å². The molecule has 0 aliphatic heterocycles. The standard InChI is InChI=1S/C13H21NO2/c1-8(2)6-12(16)13(14)10-7-9(3)4-5-11(10)15/h4-5,7-8,12-13,15-16H,6,14H2,1-3H3/t12-,13+/m0/s1. The van der Waals surface area contributed by atoms with Crippen molar-refractivity contribution in [1.29, 1.82) is 0 Å². The normalized spacial score (nSPS) is 15.1. The number of aromatic hydroxyl groups is 1. The summed E-state index contributed by atoms with van der Waals surface area (Å²) >= 11 is 0. The first-order chi connectivity index (χ1) is 7.41. The topological polar surface area (TPSA) is 66.5 Å². The van der Waals surface area contributed by atoms with Gasteiger partial charge in [0, 0.05) is 5.56 Å². The lowest BCUT2D eigenvalue weighted by atomic mass is 9.94. The zero-order chi connectivity index (χ0) is 12.3. The van der Waals surface area contributed by atoms with Gasteiger partial charge >= 0.3 is 0 Å². The predicted octanol–water partition coefficient (Wildman–Crippen LogP) is 2.11. The molecule has 4 N–H and O–H groups in total. The highest BCUT2D eigenvalue weighted by Crippen LogP contribution is 2.27. The number of aryl methyl sites for hydroxylation is 1. The maximum absolute atomic E-state index is 9.92. The summed E-state index contributed by atoms with van der Waals surface area (Å²) in [5.41, 5.74) is 7.59. The largest absolute Gasteiger partial charge is 0.508 e. The molecule has 0 heterocycles. The zero-order valence-electron chi connectivity index (χ0n) is 10.1. The van der Waals surface area contributed by atoms with Crippen molar-refractivity contribution < 1.29 is 10.2 Å². The van der Waals surface area contributed by atoms with Gasteiger partial charge < -0.3 is 15.9 Å². The van der Waals surface area contributed by atoms with E-state index in [0.717, 1.165) is 5.56 Å². The summed E-state index contributed by atoms with van der Waals surface area (Å²) in [5, 5.41) is 19.6. The van der Waals surface area contributed by atoms with E-state index in [1.165, 1.54) is 0 Å². The maximum Gasteiger partial charge on any atom is 0.120 e. The van der Waals surface area contributed by atoms with E-state index in [2.05, 4.69) is 0 Å². The number of hydrogen-bond donors (Lipinski definition) is 3. The summed E-state index contributed by atoms with van der Waals surface area (Å²) in [7, 11) is 0. The van der Waals surface area contributed by atoms with Gasteiger partial charge in [-0.25, -0.2) is 0 Å². The number of nitrogens with two attached hydrogens (primary N) is 1. The first-order valence-corrected chi connectivity index (χ1v) is 5.65. The van der Waals surface area contributed by atoms with Crippen LogP contribution in [0.5, 0.6) is 5.75 Å². The fraction of sp³-hybridized carbons (Fsp3) is 0.538. The molecule has 0 saturated heterocycles. The van der Waals surface area contributed by atoms with Crippen LogP contribution < -0.4 is 5.73 Å². The molecule has 1 aromatic rings. The molecule has 0 bridgehead atoms. The molecular formula is C13H21NO2. The summed E-state index contributed by atoms with van der Waals surface area (Å²) < 4.78 is 0. The molecule has 0 fully saturated rings. The molecular weight excluding hydrogens is 202 g/mol. The van der Waals surface area contributed by atoms with Gasteiger partial charge in [-0.05, 0) is 25.3 Å². The highest BCUT2D eigenvalue weighted by molar-refractivity contribution is 5.38. The summed E-state index contributed by atoms with van der Waals surface area (Å²) in [6, 6.07) is 4.73. The fourth-order valence-corrected chi connectivity index (χ4v) is 1.78. The summed E-state index contributed by atoms with van der Waals surface area (Å²) in [5.74, 6) is 0.536. The van der Waals surface area contributed by atoms with Crippen molar-refractivity contribution in [3.05, 3.63) is 29.3 Å². The molecule has 0 aromatic heterocycles. The second-order valence-corrected chi connectivity index (χ2v) is 4.78. The van der Waals surface area contributed by atoms with Gasteiger partial charge in [0.25, 0.3) is 0 Å². The smallest absolute Gasteiger partial charge is 0.120 e. The highest BCUT2D eigenvalue weighted by atomic mass is 16.3. The van der Waals surface area contributed by atoms with Crippen LogP contribution in [0.15, 0.2) is 18.2 Å². The number of benzene rings is 1. The Labute approximate surface area is 96.9 Å². The summed E-state index contributed by atoms with van der Waals surface area (Å²) in [4.78, 5) is 0. The van der Waals surface area contributed by atoms with Crippen molar-refractivity contribution in [2.24, 2.45) is 11.7 Å². The van der Waals surface area contributed by atoms with Crippen molar-refractivity contribution in [3.8, 4) is 5.75 Å². The van der Waals surface area contributed by atoms with E-state index in [9.17, 15) is 10.2 Å². The average Bonchev–Trinajstić information content (AvgIpc) is 2.19. The third kappa shape index (κ3) is 3.22. The molecule has 0 aliphatic rings. The van der Waals surface area contributed by atoms with E-state index in [1.54, 1.807) is 6.07 Å². The molecule has 90 valence electrons. The molecule has 0 spiro atoms. The molecule has 1 rings (SSSR count). The molecule has 0 aliphatic carbocycles. The Bertz CT molecular complexity index is 350. The van der Waals surface area contributed by atoms with E-state index in [1.807, 2.05) is 32.9 Å². The van der Waals surface area contributed by atoms with Crippen LogP contribution in [0.1, 0.15) is 37.4 Å². The number of aliphatic hydroxyl groups excluding tert-OH is 1.